The number of fused-ring (bicyclic) bond motifs is 1. The summed E-state index contributed by atoms with van der Waals surface area (Å²) in [6.45, 7) is 14.1. The highest BCUT2D eigenvalue weighted by atomic mass is 32.2. The fraction of sp³-hybridized carbons (Fsp3) is 0.417. The van der Waals surface area contributed by atoms with Crippen molar-refractivity contribution in [3.63, 3.8) is 0 Å². The van der Waals surface area contributed by atoms with Crippen molar-refractivity contribution in [2.45, 2.75) is 39.5 Å². The molecule has 6 heteroatoms. The lowest BCUT2D eigenvalue weighted by Gasteiger charge is -2.24. The van der Waals surface area contributed by atoms with E-state index in [0.29, 0.717) is 12.3 Å². The van der Waals surface area contributed by atoms with Gasteiger partial charge in [0.25, 0.3) is 0 Å². The average molecular weight is 442 g/mol. The Hall–Kier alpha value is -1.89. The number of hydrogen-bond acceptors (Lipinski definition) is 5. The highest BCUT2D eigenvalue weighted by Gasteiger charge is 2.21. The van der Waals surface area contributed by atoms with Crippen LogP contribution in [-0.4, -0.2) is 47.7 Å². The molecule has 0 N–H and O–H groups in total. The number of anilines is 1. The Bertz CT molecular complexity index is 994. The van der Waals surface area contributed by atoms with Crippen molar-refractivity contribution in [2.75, 3.05) is 36.8 Å². The zero-order chi connectivity index (χ0) is 21.7. The molecule has 0 unspecified atom stereocenters. The van der Waals surface area contributed by atoms with Crippen molar-refractivity contribution >= 4 is 44.4 Å². The first kappa shape index (κ1) is 22.8. The zero-order valence-corrected chi connectivity index (χ0v) is 20.2. The molecular formula is C24H31N3OS2. The van der Waals surface area contributed by atoms with E-state index in [-0.39, 0.29) is 5.91 Å². The summed E-state index contributed by atoms with van der Waals surface area (Å²) < 4.78 is 1.15. The minimum Gasteiger partial charge on any atom is -0.302 e. The summed E-state index contributed by atoms with van der Waals surface area (Å²) in [5.74, 6) is 0.524. The number of likely N-dealkylation sites (N-methyl/N-ethyl adjacent to an activating group) is 1. The number of amides is 1. The maximum Gasteiger partial charge on any atom is 0.239 e. The third-order valence-corrected chi connectivity index (χ3v) is 7.29. The largest absolute Gasteiger partial charge is 0.302 e. The fourth-order valence-corrected chi connectivity index (χ4v) is 5.40. The second-order valence-electron chi connectivity index (χ2n) is 7.60. The van der Waals surface area contributed by atoms with Crippen LogP contribution in [0.4, 0.5) is 5.13 Å². The summed E-state index contributed by atoms with van der Waals surface area (Å²) in [7, 11) is 0. The average Bonchev–Trinajstić information content (AvgIpc) is 3.14. The summed E-state index contributed by atoms with van der Waals surface area (Å²) in [5.41, 5.74) is 4.63. The highest BCUT2D eigenvalue weighted by Crippen LogP contribution is 2.32. The number of rotatable bonds is 9. The topological polar surface area (TPSA) is 36.4 Å². The first-order chi connectivity index (χ1) is 14.4. The molecule has 0 aliphatic heterocycles. The third-order valence-electron chi connectivity index (χ3n) is 5.27. The van der Waals surface area contributed by atoms with Crippen LogP contribution in [0.2, 0.25) is 0 Å². The van der Waals surface area contributed by atoms with Gasteiger partial charge in [-0.15, -0.1) is 11.8 Å². The molecule has 160 valence electrons. The van der Waals surface area contributed by atoms with E-state index in [2.05, 4.69) is 75.9 Å². The van der Waals surface area contributed by atoms with Gasteiger partial charge in [0.2, 0.25) is 5.91 Å². The standard InChI is InChI=1S/C24H31N3OS2/c1-6-26(7-2)12-13-27(22(28)16-29-20-10-8-17(3)9-11-20)24-25-23-19(5)14-18(4)15-21(23)30-24/h8-11,14-15H,6-7,12-13,16H2,1-5H3. The molecule has 1 amide bonds. The van der Waals surface area contributed by atoms with Crippen LogP contribution in [0.5, 0.6) is 0 Å². The fourth-order valence-electron chi connectivity index (χ4n) is 3.44. The number of nitrogens with zero attached hydrogens (tertiary/aromatic N) is 3. The second-order valence-corrected chi connectivity index (χ2v) is 9.66. The summed E-state index contributed by atoms with van der Waals surface area (Å²) in [6.07, 6.45) is 0. The lowest BCUT2D eigenvalue weighted by molar-refractivity contribution is -0.116. The van der Waals surface area contributed by atoms with Crippen LogP contribution < -0.4 is 4.90 Å². The predicted molar refractivity (Wildman–Crippen MR) is 131 cm³/mol. The molecule has 0 atom stereocenters. The second kappa shape index (κ2) is 10.4. The summed E-state index contributed by atoms with van der Waals surface area (Å²) in [5, 5.41) is 0.806. The minimum atomic E-state index is 0.112. The van der Waals surface area contributed by atoms with E-state index in [0.717, 1.165) is 45.4 Å². The van der Waals surface area contributed by atoms with Crippen LogP contribution in [0, 0.1) is 20.8 Å². The van der Waals surface area contributed by atoms with E-state index < -0.39 is 0 Å². The van der Waals surface area contributed by atoms with Crippen LogP contribution in [0.3, 0.4) is 0 Å². The van der Waals surface area contributed by atoms with Crippen molar-refractivity contribution in [1.29, 1.82) is 0 Å². The van der Waals surface area contributed by atoms with Crippen LogP contribution in [-0.2, 0) is 4.79 Å². The van der Waals surface area contributed by atoms with Gasteiger partial charge in [0, 0.05) is 18.0 Å². The summed E-state index contributed by atoms with van der Waals surface area (Å²) in [4.78, 5) is 23.5. The van der Waals surface area contributed by atoms with E-state index in [1.165, 1.54) is 11.1 Å². The Kier molecular flexibility index (Phi) is 7.92. The summed E-state index contributed by atoms with van der Waals surface area (Å²) in [6, 6.07) is 12.7. The smallest absolute Gasteiger partial charge is 0.239 e. The van der Waals surface area contributed by atoms with Crippen molar-refractivity contribution in [1.82, 2.24) is 9.88 Å². The van der Waals surface area contributed by atoms with Gasteiger partial charge in [0.1, 0.15) is 0 Å². The molecule has 0 aliphatic rings. The maximum atomic E-state index is 13.3. The number of aryl methyl sites for hydroxylation is 3. The van der Waals surface area contributed by atoms with E-state index >= 15 is 0 Å². The quantitative estimate of drug-likeness (QED) is 0.400. The molecule has 3 aromatic rings. The Morgan fingerprint density at radius 2 is 1.70 bits per heavy atom. The van der Waals surface area contributed by atoms with E-state index in [4.69, 9.17) is 4.98 Å². The van der Waals surface area contributed by atoms with Gasteiger partial charge in [0.15, 0.2) is 5.13 Å². The lowest BCUT2D eigenvalue weighted by Crippen LogP contribution is -2.39. The van der Waals surface area contributed by atoms with Crippen LogP contribution in [0.25, 0.3) is 10.2 Å². The number of hydrogen-bond donors (Lipinski definition) is 0. The zero-order valence-electron chi connectivity index (χ0n) is 18.6. The van der Waals surface area contributed by atoms with Gasteiger partial charge in [-0.3, -0.25) is 9.69 Å². The van der Waals surface area contributed by atoms with Gasteiger partial charge in [-0.25, -0.2) is 4.98 Å². The van der Waals surface area contributed by atoms with Crippen molar-refractivity contribution in [3.8, 4) is 0 Å². The molecule has 3 rings (SSSR count). The third kappa shape index (κ3) is 5.62. The minimum absolute atomic E-state index is 0.112. The first-order valence-electron chi connectivity index (χ1n) is 10.5. The van der Waals surface area contributed by atoms with E-state index in [1.54, 1.807) is 23.1 Å². The van der Waals surface area contributed by atoms with Crippen LogP contribution in [0.1, 0.15) is 30.5 Å². The Labute approximate surface area is 188 Å². The van der Waals surface area contributed by atoms with Gasteiger partial charge in [-0.1, -0.05) is 48.9 Å². The summed E-state index contributed by atoms with van der Waals surface area (Å²) >= 11 is 3.21. The van der Waals surface area contributed by atoms with Crippen molar-refractivity contribution in [2.24, 2.45) is 0 Å². The maximum absolute atomic E-state index is 13.3. The first-order valence-corrected chi connectivity index (χ1v) is 12.3. The van der Waals surface area contributed by atoms with Crippen molar-refractivity contribution in [3.05, 3.63) is 53.1 Å². The Morgan fingerprint density at radius 1 is 1.00 bits per heavy atom. The molecule has 30 heavy (non-hydrogen) atoms. The molecule has 0 fully saturated rings. The molecule has 0 saturated carbocycles. The molecule has 1 aromatic heterocycles. The van der Waals surface area contributed by atoms with Gasteiger partial charge in [-0.2, -0.15) is 0 Å². The molecule has 0 spiro atoms. The number of aromatic nitrogens is 1. The molecule has 2 aromatic carbocycles. The molecule has 0 aliphatic carbocycles. The SMILES string of the molecule is CCN(CC)CCN(C(=O)CSc1ccc(C)cc1)c1nc2c(C)cc(C)cc2s1. The van der Waals surface area contributed by atoms with Gasteiger partial charge >= 0.3 is 0 Å². The molecule has 4 nitrogen and oxygen atoms in total. The number of carbonyl (C=O) groups is 1. The normalized spacial score (nSPS) is 11.4. The lowest BCUT2D eigenvalue weighted by atomic mass is 10.1. The van der Waals surface area contributed by atoms with Gasteiger partial charge < -0.3 is 4.90 Å². The predicted octanol–water partition coefficient (Wildman–Crippen LogP) is 5.69. The monoisotopic (exact) mass is 441 g/mol. The van der Waals surface area contributed by atoms with Crippen molar-refractivity contribution < 1.29 is 4.79 Å². The number of benzene rings is 2. The molecule has 0 saturated heterocycles. The number of thiazole rings is 1. The molecule has 1 heterocycles. The Balaban J connectivity index is 1.82. The van der Waals surface area contributed by atoms with Gasteiger partial charge in [0.05, 0.1) is 16.0 Å². The highest BCUT2D eigenvalue weighted by molar-refractivity contribution is 8.00. The van der Waals surface area contributed by atoms with E-state index in [1.807, 2.05) is 4.90 Å². The van der Waals surface area contributed by atoms with Crippen LogP contribution in [0.15, 0.2) is 41.3 Å². The molecule has 0 radical (unpaired) electrons. The molecular weight excluding hydrogens is 410 g/mol. The van der Waals surface area contributed by atoms with Crippen LogP contribution >= 0.6 is 23.1 Å². The number of thioether (sulfide) groups is 1. The number of carbonyl (C=O) groups excluding carboxylic acids is 1. The van der Waals surface area contributed by atoms with Gasteiger partial charge in [-0.05, 0) is 63.2 Å². The Morgan fingerprint density at radius 3 is 2.37 bits per heavy atom. The van der Waals surface area contributed by atoms with E-state index in [9.17, 15) is 4.79 Å². The molecule has 0 bridgehead atoms.